The second-order valence-corrected chi connectivity index (χ2v) is 16.5. The van der Waals surface area contributed by atoms with Gasteiger partial charge in [-0.1, -0.05) is 66.9 Å². The Morgan fingerprint density at radius 1 is 1.00 bits per heavy atom. The highest BCUT2D eigenvalue weighted by Crippen LogP contribution is 2.28. The maximum Gasteiger partial charge on any atom is 0.0784 e. The number of fused-ring (bicyclic) bond motifs is 1. The highest BCUT2D eigenvalue weighted by Gasteiger charge is 2.39. The third-order valence-electron chi connectivity index (χ3n) is 3.34. The van der Waals surface area contributed by atoms with Crippen LogP contribution in [-0.4, -0.2) is 16.1 Å². The normalized spacial score (nSPS) is 22.9. The molecule has 0 spiro atoms. The first-order valence-electron chi connectivity index (χ1n) is 5.49. The fraction of sp³-hybridized carbons (Fsp3) is 0.500. The monoisotopic (exact) mass is 220 g/mol. The Morgan fingerprint density at radius 3 is 2.36 bits per heavy atom. The van der Waals surface area contributed by atoms with Crippen molar-refractivity contribution in [1.82, 2.24) is 0 Å². The third kappa shape index (κ3) is 1.73. The van der Waals surface area contributed by atoms with Crippen LogP contribution in [0.4, 0.5) is 0 Å². The van der Waals surface area contributed by atoms with Gasteiger partial charge in [0.2, 0.25) is 0 Å². The zero-order chi connectivity index (χ0) is 10.4. The van der Waals surface area contributed by atoms with E-state index in [-0.39, 0.29) is 0 Å². The van der Waals surface area contributed by atoms with E-state index < -0.39 is 16.1 Å². The summed E-state index contributed by atoms with van der Waals surface area (Å²) in [6.07, 6.45) is 0. The predicted molar refractivity (Wildman–Crippen MR) is 69.6 cm³/mol. The molecule has 1 heterocycles. The molecule has 0 nitrogen and oxygen atoms in total. The smallest absolute Gasteiger partial charge is 0.0693 e. The Hall–Kier alpha value is -0.346. The fourth-order valence-electron chi connectivity index (χ4n) is 3.20. The first-order chi connectivity index (χ1) is 6.41. The molecule has 2 heteroatoms. The van der Waals surface area contributed by atoms with Gasteiger partial charge in [0.25, 0.3) is 0 Å². The molecule has 1 aromatic rings. The summed E-state index contributed by atoms with van der Waals surface area (Å²) in [6.45, 7) is 10.2. The zero-order valence-electron chi connectivity index (χ0n) is 9.72. The van der Waals surface area contributed by atoms with Gasteiger partial charge in [0.15, 0.2) is 0 Å². The van der Waals surface area contributed by atoms with Gasteiger partial charge in [-0.3, -0.25) is 0 Å². The minimum atomic E-state index is -1.08. The van der Waals surface area contributed by atoms with Crippen LogP contribution in [0.25, 0.3) is 0 Å². The van der Waals surface area contributed by atoms with E-state index in [2.05, 4.69) is 50.5 Å². The van der Waals surface area contributed by atoms with Crippen molar-refractivity contribution < 1.29 is 0 Å². The fourth-order valence-corrected chi connectivity index (χ4v) is 17.1. The van der Waals surface area contributed by atoms with Crippen molar-refractivity contribution in [3.63, 3.8) is 0 Å². The zero-order valence-corrected chi connectivity index (χ0v) is 11.7. The minimum Gasteiger partial charge on any atom is -0.0693 e. The summed E-state index contributed by atoms with van der Waals surface area (Å²) in [7, 11) is -2.00. The van der Waals surface area contributed by atoms with Crippen molar-refractivity contribution in [2.45, 2.75) is 37.9 Å². The molecule has 0 aliphatic carbocycles. The van der Waals surface area contributed by atoms with Gasteiger partial charge < -0.3 is 0 Å². The lowest BCUT2D eigenvalue weighted by atomic mass is 10.2. The summed E-state index contributed by atoms with van der Waals surface area (Å²) in [4.78, 5) is 0. The molecule has 0 saturated carbocycles. The average Bonchev–Trinajstić information content (AvgIpc) is 2.00. The Labute approximate surface area is 89.4 Å². The molecule has 0 amide bonds. The number of hydrogen-bond donors (Lipinski definition) is 0. The summed E-state index contributed by atoms with van der Waals surface area (Å²) >= 11 is 0. The lowest BCUT2D eigenvalue weighted by Crippen LogP contribution is -2.56. The number of hydrogen-bond acceptors (Lipinski definition) is 0. The number of benzene rings is 1. The van der Waals surface area contributed by atoms with Crippen LogP contribution in [0.3, 0.4) is 0 Å². The van der Waals surface area contributed by atoms with Crippen LogP contribution in [0.15, 0.2) is 24.3 Å². The van der Waals surface area contributed by atoms with E-state index >= 15 is 0 Å². The maximum absolute atomic E-state index is 2.55. The first-order valence-corrected chi connectivity index (χ1v) is 12.1. The molecule has 0 saturated heterocycles. The van der Waals surface area contributed by atoms with Crippen molar-refractivity contribution in [2.24, 2.45) is 0 Å². The van der Waals surface area contributed by atoms with Crippen LogP contribution in [0, 0.1) is 0 Å². The Morgan fingerprint density at radius 2 is 1.64 bits per heavy atom. The molecule has 1 aromatic carbocycles. The van der Waals surface area contributed by atoms with E-state index in [1.54, 1.807) is 16.4 Å². The Bertz CT molecular complexity index is 353. The quantitative estimate of drug-likeness (QED) is 0.590. The van der Waals surface area contributed by atoms with E-state index in [0.29, 0.717) is 0 Å². The molecule has 2 rings (SSSR count). The van der Waals surface area contributed by atoms with E-state index in [1.165, 1.54) is 6.04 Å². The van der Waals surface area contributed by atoms with Gasteiger partial charge in [0, 0.05) is 8.07 Å². The van der Waals surface area contributed by atoms with Gasteiger partial charge in [0.1, 0.15) is 0 Å². The molecule has 0 N–H and O–H groups in total. The van der Waals surface area contributed by atoms with Crippen LogP contribution in [0.1, 0.15) is 5.56 Å². The van der Waals surface area contributed by atoms with Crippen LogP contribution in [-0.2, 0) is 6.04 Å². The van der Waals surface area contributed by atoms with Gasteiger partial charge in [-0.2, -0.15) is 0 Å². The summed E-state index contributed by atoms with van der Waals surface area (Å²) in [6, 6.07) is 10.6. The third-order valence-corrected chi connectivity index (χ3v) is 14.0. The topological polar surface area (TPSA) is 0 Å². The minimum absolute atomic E-state index is 0.915. The molecule has 0 radical (unpaired) electrons. The lowest BCUT2D eigenvalue weighted by Gasteiger charge is -2.39. The largest absolute Gasteiger partial charge is 0.0784 e. The first kappa shape index (κ1) is 10.2. The van der Waals surface area contributed by atoms with Gasteiger partial charge in [-0.25, -0.2) is 0 Å². The van der Waals surface area contributed by atoms with Crippen molar-refractivity contribution in [1.29, 1.82) is 0 Å². The van der Waals surface area contributed by atoms with E-state index in [9.17, 15) is 0 Å². The van der Waals surface area contributed by atoms with Gasteiger partial charge >= 0.3 is 0 Å². The van der Waals surface area contributed by atoms with Crippen LogP contribution >= 0.6 is 0 Å². The molecule has 76 valence electrons. The highest BCUT2D eigenvalue weighted by molar-refractivity contribution is 7.03. The molecular weight excluding hydrogens is 200 g/mol. The van der Waals surface area contributed by atoms with Crippen LogP contribution < -0.4 is 5.19 Å². The molecule has 1 aliphatic heterocycles. The Balaban J connectivity index is 2.52. The molecular formula is C12H20Si2. The molecule has 1 aliphatic rings. The van der Waals surface area contributed by atoms with Crippen molar-refractivity contribution >= 4 is 21.3 Å². The summed E-state index contributed by atoms with van der Waals surface area (Å²) in [5, 5.41) is 1.73. The molecule has 0 bridgehead atoms. The van der Waals surface area contributed by atoms with Crippen molar-refractivity contribution in [3.8, 4) is 0 Å². The lowest BCUT2D eigenvalue weighted by molar-refractivity contribution is 1.27. The van der Waals surface area contributed by atoms with E-state index in [1.807, 2.05) is 0 Å². The second kappa shape index (κ2) is 3.07. The SMILES string of the molecule is C[Si]1(C)Cc2ccccc2[Si](C)(C)C1. The Kier molecular flexibility index (Phi) is 2.23. The second-order valence-electron chi connectivity index (χ2n) is 6.06. The van der Waals surface area contributed by atoms with Gasteiger partial charge in [0.05, 0.1) is 8.07 Å². The maximum atomic E-state index is 2.55. The molecule has 0 fully saturated rings. The summed E-state index contributed by atoms with van der Waals surface area (Å²) in [5.41, 5.74) is 3.24. The molecule has 0 unspecified atom stereocenters. The number of rotatable bonds is 0. The average molecular weight is 220 g/mol. The van der Waals surface area contributed by atoms with E-state index in [4.69, 9.17) is 0 Å². The standard InChI is InChI=1S/C12H20Si2/c1-13(2)9-11-7-5-6-8-12(11)14(3,4)10-13/h5-8H,9-10H2,1-4H3. The molecule has 0 atom stereocenters. The van der Waals surface area contributed by atoms with E-state index in [0.717, 1.165) is 0 Å². The summed E-state index contributed by atoms with van der Waals surface area (Å²) < 4.78 is 0. The van der Waals surface area contributed by atoms with Crippen LogP contribution in [0.5, 0.6) is 0 Å². The van der Waals surface area contributed by atoms with Crippen molar-refractivity contribution in [2.75, 3.05) is 0 Å². The van der Waals surface area contributed by atoms with Gasteiger partial charge in [-0.15, -0.1) is 0 Å². The predicted octanol–water partition coefficient (Wildman–Crippen LogP) is 2.94. The van der Waals surface area contributed by atoms with Crippen LogP contribution in [0.2, 0.25) is 31.9 Å². The highest BCUT2D eigenvalue weighted by atomic mass is 28.4. The summed E-state index contributed by atoms with van der Waals surface area (Å²) in [5.74, 6) is 0. The van der Waals surface area contributed by atoms with Crippen molar-refractivity contribution in [3.05, 3.63) is 29.8 Å². The molecule has 14 heavy (non-hydrogen) atoms. The van der Waals surface area contributed by atoms with Gasteiger partial charge in [-0.05, 0) is 6.04 Å². The molecule has 0 aromatic heterocycles.